The minimum Gasteiger partial charge on any atom is -0.271 e. The molecule has 1 unspecified atom stereocenters. The van der Waals surface area contributed by atoms with Gasteiger partial charge < -0.3 is 0 Å². The van der Waals surface area contributed by atoms with E-state index in [1.165, 1.54) is 0 Å². The van der Waals surface area contributed by atoms with E-state index in [2.05, 4.69) is 10.4 Å². The van der Waals surface area contributed by atoms with Gasteiger partial charge in [-0.3, -0.25) is 5.84 Å². The van der Waals surface area contributed by atoms with Crippen LogP contribution in [0.4, 0.5) is 0 Å². The molecule has 1 heterocycles. The number of nitrogens with one attached hydrogen (secondary N) is 1. The molecule has 0 bridgehead atoms. The van der Waals surface area contributed by atoms with Gasteiger partial charge in [0.2, 0.25) is 0 Å². The molecule has 0 spiro atoms. The zero-order valence-corrected chi connectivity index (χ0v) is 11.4. The summed E-state index contributed by atoms with van der Waals surface area (Å²) in [5, 5.41) is 1.05. The van der Waals surface area contributed by atoms with Gasteiger partial charge in [-0.1, -0.05) is 29.3 Å². The first kappa shape index (κ1) is 12.8. The first-order chi connectivity index (χ1) is 8.13. The molecule has 3 N–H and O–H groups in total. The third-order valence-corrected chi connectivity index (χ3v) is 4.22. The Morgan fingerprint density at radius 2 is 2.12 bits per heavy atom. The molecule has 3 nitrogen and oxygen atoms in total. The van der Waals surface area contributed by atoms with E-state index in [0.29, 0.717) is 10.0 Å². The maximum absolute atomic E-state index is 6.00. The number of hydrazine groups is 1. The second-order valence-electron chi connectivity index (χ2n) is 3.58. The Morgan fingerprint density at radius 1 is 1.35 bits per heavy atom. The van der Waals surface area contributed by atoms with E-state index in [-0.39, 0.29) is 6.04 Å². The molecule has 1 atom stereocenters. The Labute approximate surface area is 114 Å². The van der Waals surface area contributed by atoms with Crippen LogP contribution in [0.2, 0.25) is 10.0 Å². The van der Waals surface area contributed by atoms with Crippen molar-refractivity contribution in [3.63, 3.8) is 0 Å². The van der Waals surface area contributed by atoms with Gasteiger partial charge in [-0.05, 0) is 24.6 Å². The Kier molecular flexibility index (Phi) is 4.01. The first-order valence-corrected chi connectivity index (χ1v) is 6.58. The van der Waals surface area contributed by atoms with Crippen LogP contribution in [0, 0.1) is 6.92 Å². The van der Waals surface area contributed by atoms with Crippen LogP contribution < -0.4 is 11.3 Å². The van der Waals surface area contributed by atoms with Crippen molar-refractivity contribution in [2.75, 3.05) is 0 Å². The third kappa shape index (κ3) is 2.61. The Bertz CT molecular complexity index is 527. The van der Waals surface area contributed by atoms with Gasteiger partial charge in [0.25, 0.3) is 0 Å². The lowest BCUT2D eigenvalue weighted by Crippen LogP contribution is -2.28. The highest BCUT2D eigenvalue weighted by Crippen LogP contribution is 2.31. The summed E-state index contributed by atoms with van der Waals surface area (Å²) in [6, 6.07) is 5.36. The molecule has 0 aliphatic rings. The molecule has 2 rings (SSSR count). The van der Waals surface area contributed by atoms with Crippen molar-refractivity contribution in [3.8, 4) is 0 Å². The second kappa shape index (κ2) is 5.33. The fraction of sp³-hybridized carbons (Fsp3) is 0.182. The number of thiazole rings is 1. The number of hydrogen-bond acceptors (Lipinski definition) is 4. The molecule has 90 valence electrons. The first-order valence-electron chi connectivity index (χ1n) is 4.94. The molecule has 0 radical (unpaired) electrons. The molecule has 2 aromatic rings. The number of halogens is 2. The molecule has 0 fully saturated rings. The van der Waals surface area contributed by atoms with Crippen molar-refractivity contribution in [1.82, 2.24) is 10.4 Å². The molecule has 0 aliphatic heterocycles. The molecule has 1 aromatic carbocycles. The molecular formula is C11H11Cl2N3S. The van der Waals surface area contributed by atoms with Crippen LogP contribution >= 0.6 is 34.5 Å². The predicted molar refractivity (Wildman–Crippen MR) is 72.5 cm³/mol. The molecule has 0 saturated carbocycles. The quantitative estimate of drug-likeness (QED) is 0.673. The molecule has 0 amide bonds. The lowest BCUT2D eigenvalue weighted by molar-refractivity contribution is 0.642. The Hall–Kier alpha value is -0.650. The summed E-state index contributed by atoms with van der Waals surface area (Å²) in [6.45, 7) is 1.95. The zero-order chi connectivity index (χ0) is 12.4. The maximum Gasteiger partial charge on any atom is 0.0821 e. The van der Waals surface area contributed by atoms with E-state index >= 15 is 0 Å². The van der Waals surface area contributed by atoms with Gasteiger partial charge >= 0.3 is 0 Å². The smallest absolute Gasteiger partial charge is 0.0821 e. The molecule has 6 heteroatoms. The predicted octanol–water partition coefficient (Wildman–Crippen LogP) is 3.31. The standard InChI is InChI=1S/C11H11Cl2N3S/c1-6-11(17-5-15-6)10(16-14)7-2-3-8(12)9(13)4-7/h2-5,10,16H,14H2,1H3. The normalized spacial score (nSPS) is 12.7. The van der Waals surface area contributed by atoms with Gasteiger partial charge in [-0.2, -0.15) is 0 Å². The molecule has 0 aliphatic carbocycles. The lowest BCUT2D eigenvalue weighted by Gasteiger charge is -2.16. The van der Waals surface area contributed by atoms with Gasteiger partial charge in [0, 0.05) is 0 Å². The van der Waals surface area contributed by atoms with E-state index in [9.17, 15) is 0 Å². The molecule has 1 aromatic heterocycles. The number of nitrogens with two attached hydrogens (primary N) is 1. The third-order valence-electron chi connectivity index (χ3n) is 2.49. The highest BCUT2D eigenvalue weighted by molar-refractivity contribution is 7.09. The number of hydrogen-bond donors (Lipinski definition) is 2. The van der Waals surface area contributed by atoms with Crippen LogP contribution in [0.1, 0.15) is 22.2 Å². The second-order valence-corrected chi connectivity index (χ2v) is 5.28. The summed E-state index contributed by atoms with van der Waals surface area (Å²) in [4.78, 5) is 5.29. The van der Waals surface area contributed by atoms with E-state index in [1.807, 2.05) is 19.1 Å². The average Bonchev–Trinajstić information content (AvgIpc) is 2.71. The summed E-state index contributed by atoms with van der Waals surface area (Å²) in [6.07, 6.45) is 0. The van der Waals surface area contributed by atoms with Gasteiger partial charge in [-0.25, -0.2) is 10.4 Å². The molecule has 17 heavy (non-hydrogen) atoms. The van der Waals surface area contributed by atoms with Gasteiger partial charge in [0.1, 0.15) is 0 Å². The molecule has 0 saturated heterocycles. The number of rotatable bonds is 3. The van der Waals surface area contributed by atoms with E-state index < -0.39 is 0 Å². The number of aromatic nitrogens is 1. The summed E-state index contributed by atoms with van der Waals surface area (Å²) < 4.78 is 0. The summed E-state index contributed by atoms with van der Waals surface area (Å²) in [5.41, 5.74) is 6.50. The maximum atomic E-state index is 6.00. The average molecular weight is 288 g/mol. The van der Waals surface area contributed by atoms with Crippen molar-refractivity contribution in [2.24, 2.45) is 5.84 Å². The number of benzene rings is 1. The van der Waals surface area contributed by atoms with Gasteiger partial charge in [0.15, 0.2) is 0 Å². The fourth-order valence-electron chi connectivity index (χ4n) is 1.60. The van der Waals surface area contributed by atoms with Crippen LogP contribution in [-0.4, -0.2) is 4.98 Å². The van der Waals surface area contributed by atoms with Gasteiger partial charge in [0.05, 0.1) is 32.2 Å². The van der Waals surface area contributed by atoms with Gasteiger partial charge in [-0.15, -0.1) is 11.3 Å². The van der Waals surface area contributed by atoms with Crippen LogP contribution in [0.3, 0.4) is 0 Å². The number of nitrogens with zero attached hydrogens (tertiary/aromatic N) is 1. The fourth-order valence-corrected chi connectivity index (χ4v) is 2.80. The van der Waals surface area contributed by atoms with E-state index in [4.69, 9.17) is 29.0 Å². The minimum absolute atomic E-state index is 0.114. The Morgan fingerprint density at radius 3 is 2.65 bits per heavy atom. The van der Waals surface area contributed by atoms with Crippen molar-refractivity contribution in [1.29, 1.82) is 0 Å². The largest absolute Gasteiger partial charge is 0.271 e. The van der Waals surface area contributed by atoms with Crippen LogP contribution in [-0.2, 0) is 0 Å². The van der Waals surface area contributed by atoms with Crippen molar-refractivity contribution in [3.05, 3.63) is 49.9 Å². The monoisotopic (exact) mass is 287 g/mol. The van der Waals surface area contributed by atoms with Crippen molar-refractivity contribution < 1.29 is 0 Å². The van der Waals surface area contributed by atoms with E-state index in [1.54, 1.807) is 22.9 Å². The topological polar surface area (TPSA) is 50.9 Å². The van der Waals surface area contributed by atoms with Crippen LogP contribution in [0.5, 0.6) is 0 Å². The van der Waals surface area contributed by atoms with Crippen LogP contribution in [0.15, 0.2) is 23.7 Å². The number of aryl methyl sites for hydroxylation is 1. The summed E-state index contributed by atoms with van der Waals surface area (Å²) in [5.74, 6) is 5.61. The molecular weight excluding hydrogens is 277 g/mol. The summed E-state index contributed by atoms with van der Waals surface area (Å²) >= 11 is 13.5. The van der Waals surface area contributed by atoms with Crippen molar-refractivity contribution in [2.45, 2.75) is 13.0 Å². The van der Waals surface area contributed by atoms with Crippen molar-refractivity contribution >= 4 is 34.5 Å². The Balaban J connectivity index is 2.42. The highest BCUT2D eigenvalue weighted by atomic mass is 35.5. The minimum atomic E-state index is -0.114. The SMILES string of the molecule is Cc1ncsc1C(NN)c1ccc(Cl)c(Cl)c1. The lowest BCUT2D eigenvalue weighted by atomic mass is 10.1. The van der Waals surface area contributed by atoms with Crippen LogP contribution in [0.25, 0.3) is 0 Å². The zero-order valence-electron chi connectivity index (χ0n) is 9.08. The van der Waals surface area contributed by atoms with E-state index in [0.717, 1.165) is 16.1 Å². The highest BCUT2D eigenvalue weighted by Gasteiger charge is 2.17. The summed E-state index contributed by atoms with van der Waals surface area (Å²) in [7, 11) is 0.